The van der Waals surface area contributed by atoms with E-state index in [0.29, 0.717) is 18.7 Å². The Hall–Kier alpha value is -3.12. The molecule has 2 atom stereocenters. The summed E-state index contributed by atoms with van der Waals surface area (Å²) in [6, 6.07) is 24.7. The quantitative estimate of drug-likeness (QED) is 0.303. The van der Waals surface area contributed by atoms with Crippen LogP contribution in [-0.4, -0.2) is 35.4 Å². The lowest BCUT2D eigenvalue weighted by Crippen LogP contribution is -2.53. The maximum Gasteiger partial charge on any atom is 0.261 e. The van der Waals surface area contributed by atoms with Crippen molar-refractivity contribution in [3.05, 3.63) is 100 Å². The third-order valence-electron chi connectivity index (χ3n) is 6.22. The standard InChI is InChI=1S/C30H35BrN2O3/c1-4-22(3)32-30(35)27(19-24-12-8-6-9-13-24)33(20-25-14-10-7-11-15-25)29(34)21-36-28-17-16-23(5-2)18-26(28)31/h6-18,22,27H,4-5,19-21H2,1-3H3,(H,32,35)/t22-,27+/m0/s1. The van der Waals surface area contributed by atoms with Crippen molar-refractivity contribution in [3.63, 3.8) is 0 Å². The second kappa shape index (κ2) is 13.8. The molecule has 36 heavy (non-hydrogen) atoms. The summed E-state index contributed by atoms with van der Waals surface area (Å²) >= 11 is 3.55. The first kappa shape index (κ1) is 27.5. The van der Waals surface area contributed by atoms with E-state index >= 15 is 0 Å². The normalized spacial score (nSPS) is 12.4. The lowest BCUT2D eigenvalue weighted by atomic mass is 10.0. The van der Waals surface area contributed by atoms with Gasteiger partial charge in [-0.1, -0.05) is 80.6 Å². The minimum Gasteiger partial charge on any atom is -0.483 e. The molecule has 0 bridgehead atoms. The van der Waals surface area contributed by atoms with Gasteiger partial charge in [-0.05, 0) is 64.5 Å². The Morgan fingerprint density at radius 1 is 0.917 bits per heavy atom. The van der Waals surface area contributed by atoms with Gasteiger partial charge in [0.1, 0.15) is 11.8 Å². The zero-order valence-corrected chi connectivity index (χ0v) is 22.8. The summed E-state index contributed by atoms with van der Waals surface area (Å²) in [5, 5.41) is 3.09. The van der Waals surface area contributed by atoms with Crippen LogP contribution in [0.1, 0.15) is 43.9 Å². The molecule has 0 spiro atoms. The van der Waals surface area contributed by atoms with Gasteiger partial charge < -0.3 is 15.0 Å². The molecular weight excluding hydrogens is 516 g/mol. The van der Waals surface area contributed by atoms with E-state index in [1.54, 1.807) is 4.90 Å². The predicted octanol–water partition coefficient (Wildman–Crippen LogP) is 5.95. The van der Waals surface area contributed by atoms with Crippen LogP contribution in [0.15, 0.2) is 83.3 Å². The first-order valence-electron chi connectivity index (χ1n) is 12.5. The molecule has 0 saturated heterocycles. The van der Waals surface area contributed by atoms with Crippen LogP contribution >= 0.6 is 15.9 Å². The number of carbonyl (C=O) groups is 2. The highest BCUT2D eigenvalue weighted by molar-refractivity contribution is 9.10. The van der Waals surface area contributed by atoms with E-state index in [1.807, 2.05) is 92.7 Å². The van der Waals surface area contributed by atoms with Gasteiger partial charge in [0, 0.05) is 19.0 Å². The number of aryl methyl sites for hydroxylation is 1. The van der Waals surface area contributed by atoms with Crippen molar-refractivity contribution in [2.75, 3.05) is 6.61 Å². The Morgan fingerprint density at radius 3 is 2.14 bits per heavy atom. The summed E-state index contributed by atoms with van der Waals surface area (Å²) in [6.45, 7) is 6.23. The maximum absolute atomic E-state index is 13.7. The Bertz CT molecular complexity index is 1120. The first-order valence-corrected chi connectivity index (χ1v) is 13.3. The summed E-state index contributed by atoms with van der Waals surface area (Å²) in [5.74, 6) is 0.195. The van der Waals surface area contributed by atoms with Crippen LogP contribution in [0.25, 0.3) is 0 Å². The monoisotopic (exact) mass is 550 g/mol. The SMILES string of the molecule is CCc1ccc(OCC(=O)N(Cc2ccccc2)[C@H](Cc2ccccc2)C(=O)N[C@@H](C)CC)c(Br)c1. The van der Waals surface area contributed by atoms with E-state index in [9.17, 15) is 9.59 Å². The number of halogens is 1. The van der Waals surface area contributed by atoms with Gasteiger partial charge in [-0.25, -0.2) is 0 Å². The zero-order valence-electron chi connectivity index (χ0n) is 21.2. The molecule has 190 valence electrons. The molecule has 0 aromatic heterocycles. The van der Waals surface area contributed by atoms with Crippen LogP contribution in [0, 0.1) is 0 Å². The highest BCUT2D eigenvalue weighted by atomic mass is 79.9. The van der Waals surface area contributed by atoms with Gasteiger partial charge >= 0.3 is 0 Å². The zero-order chi connectivity index (χ0) is 25.9. The van der Waals surface area contributed by atoms with E-state index in [1.165, 1.54) is 5.56 Å². The van der Waals surface area contributed by atoms with E-state index < -0.39 is 6.04 Å². The minimum atomic E-state index is -0.677. The summed E-state index contributed by atoms with van der Waals surface area (Å²) in [6.07, 6.45) is 2.13. The van der Waals surface area contributed by atoms with Crippen LogP contribution < -0.4 is 10.1 Å². The second-order valence-electron chi connectivity index (χ2n) is 8.94. The molecule has 0 aliphatic rings. The van der Waals surface area contributed by atoms with Crippen molar-refractivity contribution >= 4 is 27.7 Å². The number of carbonyl (C=O) groups excluding carboxylic acids is 2. The second-order valence-corrected chi connectivity index (χ2v) is 9.79. The van der Waals surface area contributed by atoms with E-state index in [0.717, 1.165) is 28.4 Å². The van der Waals surface area contributed by atoms with Crippen LogP contribution in [0.5, 0.6) is 5.75 Å². The number of hydrogen-bond acceptors (Lipinski definition) is 3. The first-order chi connectivity index (χ1) is 17.4. The van der Waals surface area contributed by atoms with Crippen molar-refractivity contribution < 1.29 is 14.3 Å². The average Bonchev–Trinajstić information content (AvgIpc) is 2.90. The molecule has 0 aliphatic heterocycles. The van der Waals surface area contributed by atoms with Crippen molar-refractivity contribution in [1.29, 1.82) is 0 Å². The Balaban J connectivity index is 1.89. The average molecular weight is 552 g/mol. The van der Waals surface area contributed by atoms with Gasteiger partial charge in [0.25, 0.3) is 5.91 Å². The lowest BCUT2D eigenvalue weighted by Gasteiger charge is -2.32. The van der Waals surface area contributed by atoms with Gasteiger partial charge in [0.15, 0.2) is 6.61 Å². The van der Waals surface area contributed by atoms with Gasteiger partial charge in [0.05, 0.1) is 4.47 Å². The molecule has 0 fully saturated rings. The molecule has 2 amide bonds. The molecule has 3 aromatic carbocycles. The highest BCUT2D eigenvalue weighted by Gasteiger charge is 2.31. The fourth-order valence-electron chi connectivity index (χ4n) is 3.88. The number of nitrogens with one attached hydrogen (secondary N) is 1. The molecule has 1 N–H and O–H groups in total. The Kier molecular flexibility index (Phi) is 10.6. The fourth-order valence-corrected chi connectivity index (χ4v) is 4.42. The van der Waals surface area contributed by atoms with Crippen LogP contribution in [0.2, 0.25) is 0 Å². The van der Waals surface area contributed by atoms with E-state index in [2.05, 4.69) is 28.2 Å². The molecule has 3 aromatic rings. The van der Waals surface area contributed by atoms with Crippen LogP contribution in [0.4, 0.5) is 0 Å². The molecule has 0 aliphatic carbocycles. The van der Waals surface area contributed by atoms with E-state index in [4.69, 9.17) is 4.74 Å². The van der Waals surface area contributed by atoms with Gasteiger partial charge in [0.2, 0.25) is 5.91 Å². The molecule has 0 radical (unpaired) electrons. The van der Waals surface area contributed by atoms with Crippen LogP contribution in [-0.2, 0) is 29.0 Å². The Labute approximate surface area is 223 Å². The molecule has 5 nitrogen and oxygen atoms in total. The molecule has 6 heteroatoms. The highest BCUT2D eigenvalue weighted by Crippen LogP contribution is 2.26. The topological polar surface area (TPSA) is 58.6 Å². The molecule has 3 rings (SSSR count). The summed E-state index contributed by atoms with van der Waals surface area (Å²) in [5.41, 5.74) is 3.12. The minimum absolute atomic E-state index is 0.00809. The maximum atomic E-state index is 13.7. The van der Waals surface area contributed by atoms with Crippen molar-refractivity contribution in [1.82, 2.24) is 10.2 Å². The summed E-state index contributed by atoms with van der Waals surface area (Å²) in [4.78, 5) is 28.8. The summed E-state index contributed by atoms with van der Waals surface area (Å²) in [7, 11) is 0. The van der Waals surface area contributed by atoms with Gasteiger partial charge in [-0.15, -0.1) is 0 Å². The van der Waals surface area contributed by atoms with Crippen molar-refractivity contribution in [3.8, 4) is 5.75 Å². The third-order valence-corrected chi connectivity index (χ3v) is 6.84. The lowest BCUT2D eigenvalue weighted by molar-refractivity contribution is -0.143. The number of amides is 2. The Morgan fingerprint density at radius 2 is 1.56 bits per heavy atom. The predicted molar refractivity (Wildman–Crippen MR) is 148 cm³/mol. The largest absolute Gasteiger partial charge is 0.483 e. The fraction of sp³-hybridized carbons (Fsp3) is 0.333. The molecule has 0 heterocycles. The smallest absolute Gasteiger partial charge is 0.261 e. The third kappa shape index (κ3) is 7.95. The number of nitrogens with zero attached hydrogens (tertiary/aromatic N) is 1. The van der Waals surface area contributed by atoms with Gasteiger partial charge in [-0.3, -0.25) is 9.59 Å². The van der Waals surface area contributed by atoms with Crippen molar-refractivity contribution in [2.24, 2.45) is 0 Å². The number of hydrogen-bond donors (Lipinski definition) is 1. The molecular formula is C30H35BrN2O3. The van der Waals surface area contributed by atoms with Crippen molar-refractivity contribution in [2.45, 2.75) is 58.7 Å². The van der Waals surface area contributed by atoms with Crippen LogP contribution in [0.3, 0.4) is 0 Å². The van der Waals surface area contributed by atoms with Gasteiger partial charge in [-0.2, -0.15) is 0 Å². The number of ether oxygens (including phenoxy) is 1. The summed E-state index contributed by atoms with van der Waals surface area (Å²) < 4.78 is 6.73. The number of benzene rings is 3. The van der Waals surface area contributed by atoms with E-state index in [-0.39, 0.29) is 24.5 Å². The molecule has 0 unspecified atom stereocenters. The molecule has 0 saturated carbocycles. The number of rotatable bonds is 12.